The van der Waals surface area contributed by atoms with Gasteiger partial charge in [0.25, 0.3) is 0 Å². The minimum absolute atomic E-state index is 0.160. The number of thiophene rings is 1. The number of hydrogen-bond acceptors (Lipinski definition) is 1. The molecule has 0 bridgehead atoms. The van der Waals surface area contributed by atoms with Gasteiger partial charge in [-0.05, 0) is 40.8 Å². The third-order valence-corrected chi connectivity index (χ3v) is 4.41. The van der Waals surface area contributed by atoms with Gasteiger partial charge in [0.15, 0.2) is 0 Å². The quantitative estimate of drug-likeness (QED) is 0.539. The van der Waals surface area contributed by atoms with Crippen molar-refractivity contribution >= 4 is 55.6 Å². The first-order valence-corrected chi connectivity index (χ1v) is 6.07. The monoisotopic (exact) mass is 326 g/mol. The number of benzene rings is 1. The van der Waals surface area contributed by atoms with E-state index in [-0.39, 0.29) is 5.82 Å². The molecule has 0 saturated carbocycles. The molecule has 0 unspecified atom stereocenters. The molecule has 0 saturated heterocycles. The Morgan fingerprint density at radius 2 is 2.23 bits per heavy atom. The van der Waals surface area contributed by atoms with E-state index in [0.717, 1.165) is 15.0 Å². The summed E-state index contributed by atoms with van der Waals surface area (Å²) in [5.74, 6) is 0.337. The second kappa shape index (κ2) is 3.71. The topological polar surface area (TPSA) is 0 Å². The largest absolute Gasteiger partial charge is 0.206 e. The molecule has 68 valence electrons. The second-order valence-electron chi connectivity index (χ2n) is 2.62. The van der Waals surface area contributed by atoms with Gasteiger partial charge in [0.1, 0.15) is 5.82 Å². The van der Waals surface area contributed by atoms with Gasteiger partial charge in [0, 0.05) is 15.0 Å². The fourth-order valence-electron chi connectivity index (χ4n) is 1.17. The zero-order valence-electron chi connectivity index (χ0n) is 6.48. The van der Waals surface area contributed by atoms with E-state index in [4.69, 9.17) is 11.6 Å². The molecule has 0 N–H and O–H groups in total. The van der Waals surface area contributed by atoms with Crippen molar-refractivity contribution in [1.29, 1.82) is 0 Å². The van der Waals surface area contributed by atoms with Crippen molar-refractivity contribution in [2.45, 2.75) is 5.88 Å². The van der Waals surface area contributed by atoms with E-state index in [9.17, 15) is 4.39 Å². The summed E-state index contributed by atoms with van der Waals surface area (Å²) >= 11 is 9.34. The predicted octanol–water partition coefficient (Wildman–Crippen LogP) is 4.38. The first kappa shape index (κ1) is 9.68. The summed E-state index contributed by atoms with van der Waals surface area (Å²) in [5, 5.41) is 0.973. The molecule has 0 nitrogen and oxygen atoms in total. The van der Waals surface area contributed by atoms with E-state index in [0.29, 0.717) is 9.45 Å². The first-order valence-electron chi connectivity index (χ1n) is 3.65. The Morgan fingerprint density at radius 1 is 1.46 bits per heavy atom. The van der Waals surface area contributed by atoms with Crippen LogP contribution in [0.2, 0.25) is 0 Å². The van der Waals surface area contributed by atoms with Gasteiger partial charge in [-0.2, -0.15) is 0 Å². The average molecular weight is 327 g/mol. The summed E-state index contributed by atoms with van der Waals surface area (Å²) < 4.78 is 14.9. The van der Waals surface area contributed by atoms with Gasteiger partial charge in [-0.15, -0.1) is 22.9 Å². The van der Waals surface area contributed by atoms with Crippen LogP contribution in [-0.2, 0) is 5.88 Å². The van der Waals surface area contributed by atoms with Crippen LogP contribution in [0, 0.1) is 9.39 Å². The Kier molecular flexibility index (Phi) is 2.76. The van der Waals surface area contributed by atoms with Gasteiger partial charge in [0.05, 0.1) is 9.45 Å². The second-order valence-corrected chi connectivity index (χ2v) is 5.13. The van der Waals surface area contributed by atoms with Gasteiger partial charge in [-0.3, -0.25) is 0 Å². The van der Waals surface area contributed by atoms with Crippen molar-refractivity contribution < 1.29 is 4.39 Å². The van der Waals surface area contributed by atoms with Gasteiger partial charge in [0.2, 0.25) is 0 Å². The molecule has 0 aliphatic rings. The Labute approximate surface area is 97.8 Å². The van der Waals surface area contributed by atoms with Crippen molar-refractivity contribution in [2.75, 3.05) is 0 Å². The van der Waals surface area contributed by atoms with Crippen molar-refractivity contribution in [2.24, 2.45) is 0 Å². The molecular formula is C9H5ClFIS. The molecule has 0 radical (unpaired) electrons. The zero-order chi connectivity index (χ0) is 9.42. The van der Waals surface area contributed by atoms with Crippen LogP contribution in [0.4, 0.5) is 4.39 Å². The van der Waals surface area contributed by atoms with Crippen LogP contribution < -0.4 is 0 Å². The zero-order valence-corrected chi connectivity index (χ0v) is 10.2. The van der Waals surface area contributed by atoms with Crippen molar-refractivity contribution in [3.05, 3.63) is 32.5 Å². The summed E-state index contributed by atoms with van der Waals surface area (Å²) in [5.41, 5.74) is 0. The van der Waals surface area contributed by atoms with E-state index in [1.807, 2.05) is 28.7 Å². The molecule has 1 heterocycles. The maximum atomic E-state index is 13.1. The molecule has 13 heavy (non-hydrogen) atoms. The van der Waals surface area contributed by atoms with Gasteiger partial charge >= 0.3 is 0 Å². The summed E-state index contributed by atoms with van der Waals surface area (Å²) in [6.45, 7) is 0. The Hall–Kier alpha value is 0.130. The number of alkyl halides is 1. The summed E-state index contributed by atoms with van der Waals surface area (Å²) in [6, 6.07) is 5.25. The number of hydrogen-bond donors (Lipinski definition) is 0. The van der Waals surface area contributed by atoms with Crippen LogP contribution in [0.15, 0.2) is 18.2 Å². The first-order chi connectivity index (χ1) is 6.22. The molecule has 1 aromatic carbocycles. The van der Waals surface area contributed by atoms with Crippen LogP contribution in [0.25, 0.3) is 10.1 Å². The Bertz CT molecular complexity index is 452. The van der Waals surface area contributed by atoms with Crippen molar-refractivity contribution in [3.8, 4) is 0 Å². The normalized spacial score (nSPS) is 11.0. The maximum absolute atomic E-state index is 13.1. The van der Waals surface area contributed by atoms with Gasteiger partial charge in [-0.1, -0.05) is 0 Å². The minimum Gasteiger partial charge on any atom is -0.206 e. The smallest absolute Gasteiger partial charge is 0.137 e. The molecule has 1 aromatic heterocycles. The third kappa shape index (κ3) is 1.69. The van der Waals surface area contributed by atoms with Crippen LogP contribution in [0.3, 0.4) is 0 Å². The molecule has 0 aliphatic heterocycles. The van der Waals surface area contributed by atoms with Crippen molar-refractivity contribution in [3.63, 3.8) is 0 Å². The van der Waals surface area contributed by atoms with E-state index >= 15 is 0 Å². The highest BCUT2D eigenvalue weighted by Gasteiger charge is 2.07. The molecule has 0 fully saturated rings. The molecular weight excluding hydrogens is 322 g/mol. The van der Waals surface area contributed by atoms with E-state index < -0.39 is 0 Å². The molecule has 0 amide bonds. The highest BCUT2D eigenvalue weighted by atomic mass is 127. The standard InChI is InChI=1S/C9H5ClFIS/c10-4-5-3-6-8(13-5)2-1-7(11)9(6)12/h1-3H,4H2. The molecule has 0 aliphatic carbocycles. The van der Waals surface area contributed by atoms with Gasteiger partial charge < -0.3 is 0 Å². The molecule has 2 rings (SSSR count). The summed E-state index contributed by atoms with van der Waals surface area (Å²) in [7, 11) is 0. The fourth-order valence-corrected chi connectivity index (χ4v) is 3.14. The van der Waals surface area contributed by atoms with E-state index in [2.05, 4.69) is 0 Å². The van der Waals surface area contributed by atoms with E-state index in [1.165, 1.54) is 6.07 Å². The highest BCUT2D eigenvalue weighted by molar-refractivity contribution is 14.1. The number of rotatable bonds is 1. The fraction of sp³-hybridized carbons (Fsp3) is 0.111. The predicted molar refractivity (Wildman–Crippen MR) is 64.1 cm³/mol. The number of fused-ring (bicyclic) bond motifs is 1. The lowest BCUT2D eigenvalue weighted by Crippen LogP contribution is -1.79. The molecule has 4 heteroatoms. The lowest BCUT2D eigenvalue weighted by Gasteiger charge is -1.94. The lowest BCUT2D eigenvalue weighted by atomic mass is 10.2. The molecule has 2 aromatic rings. The van der Waals surface area contributed by atoms with Gasteiger partial charge in [-0.25, -0.2) is 4.39 Å². The van der Waals surface area contributed by atoms with Crippen LogP contribution in [-0.4, -0.2) is 0 Å². The van der Waals surface area contributed by atoms with Crippen LogP contribution in [0.5, 0.6) is 0 Å². The average Bonchev–Trinajstić information content (AvgIpc) is 2.55. The van der Waals surface area contributed by atoms with Crippen molar-refractivity contribution in [1.82, 2.24) is 0 Å². The maximum Gasteiger partial charge on any atom is 0.137 e. The minimum atomic E-state index is -0.160. The summed E-state index contributed by atoms with van der Waals surface area (Å²) in [6.07, 6.45) is 0. The number of halogens is 3. The molecule has 0 atom stereocenters. The highest BCUT2D eigenvalue weighted by Crippen LogP contribution is 2.31. The lowest BCUT2D eigenvalue weighted by molar-refractivity contribution is 0.623. The SMILES string of the molecule is Fc1ccc2sc(CCl)cc2c1I. The third-order valence-electron chi connectivity index (χ3n) is 1.77. The van der Waals surface area contributed by atoms with Crippen LogP contribution in [0.1, 0.15) is 4.88 Å². The van der Waals surface area contributed by atoms with Crippen LogP contribution >= 0.6 is 45.5 Å². The van der Waals surface area contributed by atoms with E-state index in [1.54, 1.807) is 17.4 Å². The Balaban J connectivity index is 2.76. The summed E-state index contributed by atoms with van der Waals surface area (Å²) in [4.78, 5) is 1.08. The molecule has 0 spiro atoms. The Morgan fingerprint density at radius 3 is 2.92 bits per heavy atom.